The third kappa shape index (κ3) is 2.55. The molecule has 0 atom stereocenters. The standard InChI is InChI=1S/C13H20N4O/c1-17(10-6-3-2-4-7-10)11-8-5-9-15-12(11)13(14)16-18/h5,8-10,18H,2-4,6-7H2,1H3,(H2,14,16). The molecule has 18 heavy (non-hydrogen) atoms. The highest BCUT2D eigenvalue weighted by atomic mass is 16.4. The van der Waals surface area contributed by atoms with Crippen molar-refractivity contribution in [2.24, 2.45) is 10.9 Å². The first-order valence-corrected chi connectivity index (χ1v) is 6.39. The Morgan fingerprint density at radius 3 is 2.83 bits per heavy atom. The summed E-state index contributed by atoms with van der Waals surface area (Å²) in [6.45, 7) is 0. The van der Waals surface area contributed by atoms with Gasteiger partial charge < -0.3 is 15.8 Å². The van der Waals surface area contributed by atoms with Crippen molar-refractivity contribution in [2.75, 3.05) is 11.9 Å². The number of pyridine rings is 1. The normalized spacial score (nSPS) is 17.7. The second-order valence-electron chi connectivity index (χ2n) is 4.76. The molecule has 1 aromatic rings. The maximum Gasteiger partial charge on any atom is 0.190 e. The van der Waals surface area contributed by atoms with Gasteiger partial charge in [0, 0.05) is 19.3 Å². The summed E-state index contributed by atoms with van der Waals surface area (Å²) in [5.41, 5.74) is 7.15. The lowest BCUT2D eigenvalue weighted by Gasteiger charge is -2.33. The van der Waals surface area contributed by atoms with Crippen LogP contribution in [0.4, 0.5) is 5.69 Å². The minimum absolute atomic E-state index is 0.0632. The van der Waals surface area contributed by atoms with E-state index in [0.717, 1.165) is 5.69 Å². The average molecular weight is 248 g/mol. The fraction of sp³-hybridized carbons (Fsp3) is 0.538. The number of hydrogen-bond donors (Lipinski definition) is 2. The molecule has 2 rings (SSSR count). The van der Waals surface area contributed by atoms with Crippen LogP contribution in [-0.4, -0.2) is 29.1 Å². The number of anilines is 1. The van der Waals surface area contributed by atoms with Crippen LogP contribution in [0.15, 0.2) is 23.5 Å². The number of amidine groups is 1. The number of oxime groups is 1. The zero-order valence-corrected chi connectivity index (χ0v) is 10.7. The second kappa shape index (κ2) is 5.71. The van der Waals surface area contributed by atoms with Gasteiger partial charge in [-0.05, 0) is 25.0 Å². The summed E-state index contributed by atoms with van der Waals surface area (Å²) in [7, 11) is 2.06. The van der Waals surface area contributed by atoms with Crippen LogP contribution in [0.2, 0.25) is 0 Å². The van der Waals surface area contributed by atoms with Crippen molar-refractivity contribution in [3.8, 4) is 0 Å². The van der Waals surface area contributed by atoms with Crippen LogP contribution >= 0.6 is 0 Å². The SMILES string of the molecule is CN(c1cccnc1/C(N)=N/O)C1CCCCC1. The number of nitrogens with zero attached hydrogens (tertiary/aromatic N) is 3. The molecule has 5 nitrogen and oxygen atoms in total. The summed E-state index contributed by atoms with van der Waals surface area (Å²) in [5.74, 6) is 0.0632. The Kier molecular flexibility index (Phi) is 4.02. The van der Waals surface area contributed by atoms with E-state index < -0.39 is 0 Å². The van der Waals surface area contributed by atoms with Crippen LogP contribution in [0.25, 0.3) is 0 Å². The van der Waals surface area contributed by atoms with Gasteiger partial charge in [-0.2, -0.15) is 0 Å². The first-order valence-electron chi connectivity index (χ1n) is 6.39. The van der Waals surface area contributed by atoms with Gasteiger partial charge in [0.1, 0.15) is 5.69 Å². The number of aromatic nitrogens is 1. The topological polar surface area (TPSA) is 74.7 Å². The van der Waals surface area contributed by atoms with E-state index in [0.29, 0.717) is 11.7 Å². The van der Waals surface area contributed by atoms with Crippen molar-refractivity contribution in [3.63, 3.8) is 0 Å². The summed E-state index contributed by atoms with van der Waals surface area (Å²) < 4.78 is 0. The molecule has 1 heterocycles. The largest absolute Gasteiger partial charge is 0.409 e. The van der Waals surface area contributed by atoms with Gasteiger partial charge in [-0.1, -0.05) is 24.4 Å². The quantitative estimate of drug-likeness (QED) is 0.371. The van der Waals surface area contributed by atoms with Crippen molar-refractivity contribution < 1.29 is 5.21 Å². The van der Waals surface area contributed by atoms with Crippen LogP contribution in [-0.2, 0) is 0 Å². The molecule has 0 saturated heterocycles. The maximum atomic E-state index is 8.81. The van der Waals surface area contributed by atoms with E-state index in [1.807, 2.05) is 12.1 Å². The van der Waals surface area contributed by atoms with Crippen LogP contribution in [0, 0.1) is 0 Å². The van der Waals surface area contributed by atoms with Crippen LogP contribution < -0.4 is 10.6 Å². The molecule has 1 aliphatic rings. The zero-order valence-electron chi connectivity index (χ0n) is 10.7. The molecule has 0 aliphatic heterocycles. The van der Waals surface area contributed by atoms with Gasteiger partial charge >= 0.3 is 0 Å². The molecule has 3 N–H and O–H groups in total. The summed E-state index contributed by atoms with van der Waals surface area (Å²) in [5, 5.41) is 11.9. The molecule has 1 saturated carbocycles. The van der Waals surface area contributed by atoms with Gasteiger partial charge in [0.15, 0.2) is 5.84 Å². The molecule has 98 valence electrons. The van der Waals surface area contributed by atoms with Crippen LogP contribution in [0.5, 0.6) is 0 Å². The molecular formula is C13H20N4O. The van der Waals surface area contributed by atoms with Gasteiger partial charge in [0.2, 0.25) is 0 Å². The van der Waals surface area contributed by atoms with E-state index in [1.165, 1.54) is 32.1 Å². The number of hydrogen-bond acceptors (Lipinski definition) is 4. The Balaban J connectivity index is 2.26. The van der Waals surface area contributed by atoms with E-state index in [-0.39, 0.29) is 5.84 Å². The molecule has 0 radical (unpaired) electrons. The predicted octanol–water partition coefficient (Wildman–Crippen LogP) is 1.95. The van der Waals surface area contributed by atoms with E-state index in [4.69, 9.17) is 10.9 Å². The Morgan fingerprint density at radius 1 is 1.44 bits per heavy atom. The Bertz CT molecular complexity index is 427. The number of rotatable bonds is 3. The Morgan fingerprint density at radius 2 is 2.17 bits per heavy atom. The molecular weight excluding hydrogens is 228 g/mol. The third-order valence-electron chi connectivity index (χ3n) is 3.64. The Hall–Kier alpha value is -1.78. The molecule has 0 amide bonds. The van der Waals surface area contributed by atoms with Crippen molar-refractivity contribution in [2.45, 2.75) is 38.1 Å². The lowest BCUT2D eigenvalue weighted by Crippen LogP contribution is -2.35. The molecule has 0 aromatic carbocycles. The lowest BCUT2D eigenvalue weighted by molar-refractivity contribution is 0.318. The van der Waals surface area contributed by atoms with Gasteiger partial charge in [0.25, 0.3) is 0 Å². The van der Waals surface area contributed by atoms with E-state index in [9.17, 15) is 0 Å². The van der Waals surface area contributed by atoms with Crippen molar-refractivity contribution in [1.29, 1.82) is 0 Å². The second-order valence-corrected chi connectivity index (χ2v) is 4.76. The molecule has 0 spiro atoms. The highest BCUT2D eigenvalue weighted by Crippen LogP contribution is 2.27. The average Bonchev–Trinajstić information content (AvgIpc) is 2.46. The van der Waals surface area contributed by atoms with Crippen molar-refractivity contribution in [1.82, 2.24) is 4.98 Å². The smallest absolute Gasteiger partial charge is 0.190 e. The molecule has 5 heteroatoms. The summed E-state index contributed by atoms with van der Waals surface area (Å²) in [6.07, 6.45) is 7.92. The van der Waals surface area contributed by atoms with Crippen molar-refractivity contribution in [3.05, 3.63) is 24.0 Å². The highest BCUT2D eigenvalue weighted by Gasteiger charge is 2.21. The summed E-state index contributed by atoms with van der Waals surface area (Å²) in [4.78, 5) is 6.42. The predicted molar refractivity (Wildman–Crippen MR) is 72.0 cm³/mol. The van der Waals surface area contributed by atoms with Gasteiger partial charge in [0.05, 0.1) is 5.69 Å². The fourth-order valence-corrected chi connectivity index (χ4v) is 2.59. The molecule has 0 unspecified atom stereocenters. The van der Waals surface area contributed by atoms with E-state index in [2.05, 4.69) is 22.1 Å². The van der Waals surface area contributed by atoms with E-state index in [1.54, 1.807) is 6.20 Å². The third-order valence-corrected chi connectivity index (χ3v) is 3.64. The minimum atomic E-state index is 0.0632. The highest BCUT2D eigenvalue weighted by molar-refractivity contribution is 6.00. The zero-order chi connectivity index (χ0) is 13.0. The molecule has 1 aliphatic carbocycles. The molecule has 1 fully saturated rings. The first kappa shape index (κ1) is 12.7. The number of nitrogens with two attached hydrogens (primary N) is 1. The molecule has 0 bridgehead atoms. The van der Waals surface area contributed by atoms with Crippen molar-refractivity contribution >= 4 is 11.5 Å². The maximum absolute atomic E-state index is 8.81. The minimum Gasteiger partial charge on any atom is -0.409 e. The fourth-order valence-electron chi connectivity index (χ4n) is 2.59. The monoisotopic (exact) mass is 248 g/mol. The lowest BCUT2D eigenvalue weighted by atomic mass is 9.94. The van der Waals surface area contributed by atoms with Crippen LogP contribution in [0.1, 0.15) is 37.8 Å². The Labute approximate surface area is 107 Å². The van der Waals surface area contributed by atoms with Gasteiger partial charge in [-0.3, -0.25) is 4.98 Å². The van der Waals surface area contributed by atoms with E-state index >= 15 is 0 Å². The van der Waals surface area contributed by atoms with Crippen LogP contribution in [0.3, 0.4) is 0 Å². The van der Waals surface area contributed by atoms with Gasteiger partial charge in [-0.25, -0.2) is 0 Å². The van der Waals surface area contributed by atoms with Gasteiger partial charge in [-0.15, -0.1) is 0 Å². The molecule has 1 aromatic heterocycles. The first-order chi connectivity index (χ1) is 8.74. The summed E-state index contributed by atoms with van der Waals surface area (Å²) in [6, 6.07) is 4.37. The summed E-state index contributed by atoms with van der Waals surface area (Å²) >= 11 is 0.